The number of likely N-dealkylation sites (tertiary alicyclic amines) is 1. The van der Waals surface area contributed by atoms with Crippen LogP contribution in [0.25, 0.3) is 0 Å². The Bertz CT molecular complexity index is 453. The van der Waals surface area contributed by atoms with Crippen LogP contribution in [0.1, 0.15) is 24.5 Å². The first-order valence-corrected chi connectivity index (χ1v) is 6.85. The van der Waals surface area contributed by atoms with Crippen LogP contribution in [0.15, 0.2) is 24.3 Å². The summed E-state index contributed by atoms with van der Waals surface area (Å²) >= 11 is 6.04. The molecule has 4 nitrogen and oxygen atoms in total. The summed E-state index contributed by atoms with van der Waals surface area (Å²) in [5.41, 5.74) is 0.733. The van der Waals surface area contributed by atoms with Gasteiger partial charge in [0.05, 0.1) is 6.10 Å². The monoisotopic (exact) mass is 282 g/mol. The molecule has 1 amide bonds. The number of nitrogens with zero attached hydrogens (tertiary/aromatic N) is 1. The molecule has 0 spiro atoms. The highest BCUT2D eigenvalue weighted by Gasteiger charge is 2.23. The first-order valence-electron chi connectivity index (χ1n) is 6.47. The van der Waals surface area contributed by atoms with E-state index in [4.69, 9.17) is 11.6 Å². The average molecular weight is 283 g/mol. The fourth-order valence-electron chi connectivity index (χ4n) is 2.31. The van der Waals surface area contributed by atoms with Crippen LogP contribution in [0, 0.1) is 0 Å². The number of amides is 1. The average Bonchev–Trinajstić information content (AvgIpc) is 2.40. The first kappa shape index (κ1) is 14.3. The third-order valence-electron chi connectivity index (χ3n) is 3.49. The molecule has 0 bridgehead atoms. The molecule has 5 heteroatoms. The van der Waals surface area contributed by atoms with Crippen LogP contribution in [0.4, 0.5) is 0 Å². The number of aliphatic hydroxyl groups excluding tert-OH is 1. The zero-order chi connectivity index (χ0) is 13.8. The van der Waals surface area contributed by atoms with Crippen LogP contribution < -0.4 is 5.32 Å². The van der Waals surface area contributed by atoms with Gasteiger partial charge in [-0.3, -0.25) is 4.79 Å². The van der Waals surface area contributed by atoms with Gasteiger partial charge in [-0.25, -0.2) is 0 Å². The number of halogens is 1. The second kappa shape index (κ2) is 6.37. The number of benzene rings is 1. The second-order valence-electron chi connectivity index (χ2n) is 4.96. The highest BCUT2D eigenvalue weighted by Crippen LogP contribution is 2.22. The zero-order valence-corrected chi connectivity index (χ0v) is 11.7. The molecule has 2 unspecified atom stereocenters. The number of aliphatic hydroxyl groups is 1. The number of piperidine rings is 1. The van der Waals surface area contributed by atoms with Crippen LogP contribution in [0.3, 0.4) is 0 Å². The molecule has 1 heterocycles. The van der Waals surface area contributed by atoms with Crippen molar-refractivity contribution in [3.63, 3.8) is 0 Å². The van der Waals surface area contributed by atoms with E-state index in [0.29, 0.717) is 24.5 Å². The van der Waals surface area contributed by atoms with Gasteiger partial charge in [-0.2, -0.15) is 0 Å². The topological polar surface area (TPSA) is 52.6 Å². The van der Waals surface area contributed by atoms with E-state index in [0.717, 1.165) is 12.0 Å². The summed E-state index contributed by atoms with van der Waals surface area (Å²) < 4.78 is 0. The van der Waals surface area contributed by atoms with Crippen LogP contribution in [-0.2, 0) is 4.79 Å². The maximum Gasteiger partial charge on any atom is 0.222 e. The van der Waals surface area contributed by atoms with Crippen molar-refractivity contribution in [1.82, 2.24) is 10.2 Å². The molecule has 0 radical (unpaired) electrons. The lowest BCUT2D eigenvalue weighted by molar-refractivity contribution is -0.132. The summed E-state index contributed by atoms with van der Waals surface area (Å²) in [6, 6.07) is 7.53. The summed E-state index contributed by atoms with van der Waals surface area (Å²) in [6.45, 7) is 1.13. The predicted octanol–water partition coefficient (Wildman–Crippen LogP) is 1.58. The van der Waals surface area contributed by atoms with Crippen molar-refractivity contribution in [2.45, 2.75) is 25.0 Å². The van der Waals surface area contributed by atoms with Crippen LogP contribution in [0.2, 0.25) is 5.02 Å². The minimum atomic E-state index is -0.628. The number of nitrogens with one attached hydrogen (secondary N) is 1. The quantitative estimate of drug-likeness (QED) is 0.882. The van der Waals surface area contributed by atoms with Gasteiger partial charge in [0.15, 0.2) is 0 Å². The SMILES string of the molecule is CN1CC(NCC(O)c2ccccc2Cl)CCC1=O. The summed E-state index contributed by atoms with van der Waals surface area (Å²) in [4.78, 5) is 13.1. The Kier molecular flexibility index (Phi) is 4.80. The Hall–Kier alpha value is -1.10. The molecule has 0 aromatic heterocycles. The van der Waals surface area contributed by atoms with Gasteiger partial charge < -0.3 is 15.3 Å². The van der Waals surface area contributed by atoms with E-state index in [9.17, 15) is 9.90 Å². The van der Waals surface area contributed by atoms with Crippen molar-refractivity contribution >= 4 is 17.5 Å². The van der Waals surface area contributed by atoms with Gasteiger partial charge in [-0.05, 0) is 12.5 Å². The minimum Gasteiger partial charge on any atom is -0.387 e. The molecule has 1 fully saturated rings. The van der Waals surface area contributed by atoms with Crippen molar-refractivity contribution in [3.8, 4) is 0 Å². The van der Waals surface area contributed by atoms with E-state index < -0.39 is 6.10 Å². The molecule has 0 aliphatic carbocycles. The molecule has 0 saturated carbocycles. The van der Waals surface area contributed by atoms with Crippen molar-refractivity contribution in [3.05, 3.63) is 34.9 Å². The molecular formula is C14H19ClN2O2. The normalized spacial score (nSPS) is 21.5. The Balaban J connectivity index is 1.86. The predicted molar refractivity (Wildman–Crippen MR) is 75.1 cm³/mol. The Labute approximate surface area is 118 Å². The van der Waals surface area contributed by atoms with Gasteiger partial charge in [-0.1, -0.05) is 29.8 Å². The Morgan fingerprint density at radius 3 is 2.95 bits per heavy atom. The molecule has 1 aliphatic rings. The number of carbonyl (C=O) groups excluding carboxylic acids is 1. The first-order chi connectivity index (χ1) is 9.08. The number of likely N-dealkylation sites (N-methyl/N-ethyl adjacent to an activating group) is 1. The van der Waals surface area contributed by atoms with Gasteiger partial charge in [0.1, 0.15) is 0 Å². The molecule has 1 saturated heterocycles. The smallest absolute Gasteiger partial charge is 0.222 e. The van der Waals surface area contributed by atoms with E-state index in [2.05, 4.69) is 5.32 Å². The van der Waals surface area contributed by atoms with E-state index in [1.807, 2.05) is 18.2 Å². The van der Waals surface area contributed by atoms with Crippen LogP contribution in [-0.4, -0.2) is 42.1 Å². The molecule has 1 aromatic rings. The summed E-state index contributed by atoms with van der Waals surface area (Å²) in [5, 5.41) is 14.0. The lowest BCUT2D eigenvalue weighted by Crippen LogP contribution is -2.47. The lowest BCUT2D eigenvalue weighted by atomic mass is 10.0. The van der Waals surface area contributed by atoms with Crippen molar-refractivity contribution < 1.29 is 9.90 Å². The molecule has 104 valence electrons. The molecular weight excluding hydrogens is 264 g/mol. The number of hydrogen-bond acceptors (Lipinski definition) is 3. The van der Waals surface area contributed by atoms with Crippen LogP contribution >= 0.6 is 11.6 Å². The van der Waals surface area contributed by atoms with E-state index in [1.165, 1.54) is 0 Å². The third-order valence-corrected chi connectivity index (χ3v) is 3.83. The molecule has 2 rings (SSSR count). The van der Waals surface area contributed by atoms with Gasteiger partial charge in [0.25, 0.3) is 0 Å². The van der Waals surface area contributed by atoms with Crippen molar-refractivity contribution in [1.29, 1.82) is 0 Å². The molecule has 19 heavy (non-hydrogen) atoms. The number of carbonyl (C=O) groups is 1. The molecule has 2 atom stereocenters. The Morgan fingerprint density at radius 1 is 1.53 bits per heavy atom. The summed E-state index contributed by atoms with van der Waals surface area (Å²) in [7, 11) is 1.81. The fraction of sp³-hybridized carbons (Fsp3) is 0.500. The zero-order valence-electron chi connectivity index (χ0n) is 11.0. The van der Waals surface area contributed by atoms with Crippen LogP contribution in [0.5, 0.6) is 0 Å². The van der Waals surface area contributed by atoms with Gasteiger partial charge in [0.2, 0.25) is 5.91 Å². The highest BCUT2D eigenvalue weighted by atomic mass is 35.5. The fourth-order valence-corrected chi connectivity index (χ4v) is 2.57. The molecule has 1 aromatic carbocycles. The van der Waals surface area contributed by atoms with E-state index in [1.54, 1.807) is 18.0 Å². The summed E-state index contributed by atoms with van der Waals surface area (Å²) in [6.07, 6.45) is 0.756. The largest absolute Gasteiger partial charge is 0.387 e. The van der Waals surface area contributed by atoms with Gasteiger partial charge in [-0.15, -0.1) is 0 Å². The van der Waals surface area contributed by atoms with Crippen molar-refractivity contribution in [2.75, 3.05) is 20.1 Å². The highest BCUT2D eigenvalue weighted by molar-refractivity contribution is 6.31. The second-order valence-corrected chi connectivity index (χ2v) is 5.36. The molecule has 1 aliphatic heterocycles. The third kappa shape index (κ3) is 3.69. The maximum atomic E-state index is 11.4. The number of hydrogen-bond donors (Lipinski definition) is 2. The van der Waals surface area contributed by atoms with Gasteiger partial charge >= 0.3 is 0 Å². The van der Waals surface area contributed by atoms with E-state index in [-0.39, 0.29) is 11.9 Å². The standard InChI is InChI=1S/C14H19ClN2O2/c1-17-9-10(6-7-14(17)19)16-8-13(18)11-4-2-3-5-12(11)15/h2-5,10,13,16,18H,6-9H2,1H3. The Morgan fingerprint density at radius 2 is 2.26 bits per heavy atom. The lowest BCUT2D eigenvalue weighted by Gasteiger charge is -2.31. The molecule has 2 N–H and O–H groups in total. The van der Waals surface area contributed by atoms with E-state index >= 15 is 0 Å². The number of rotatable bonds is 4. The van der Waals surface area contributed by atoms with Crippen molar-refractivity contribution in [2.24, 2.45) is 0 Å². The van der Waals surface area contributed by atoms with Gasteiger partial charge in [0, 0.05) is 43.2 Å². The minimum absolute atomic E-state index is 0.185. The maximum absolute atomic E-state index is 11.4. The summed E-state index contributed by atoms with van der Waals surface area (Å²) in [5.74, 6) is 0.185.